The summed E-state index contributed by atoms with van der Waals surface area (Å²) in [6, 6.07) is 8.53. The summed E-state index contributed by atoms with van der Waals surface area (Å²) in [6.45, 7) is 1.67. The lowest BCUT2D eigenvalue weighted by Crippen LogP contribution is -2.19. The van der Waals surface area contributed by atoms with Crippen molar-refractivity contribution in [2.75, 3.05) is 20.3 Å². The van der Waals surface area contributed by atoms with E-state index in [0.29, 0.717) is 6.04 Å². The molecule has 1 aliphatic heterocycles. The van der Waals surface area contributed by atoms with Crippen molar-refractivity contribution in [3.05, 3.63) is 36.7 Å². The molecule has 0 spiro atoms. The molecule has 1 aliphatic rings. The predicted octanol–water partition coefficient (Wildman–Crippen LogP) is 2.91. The highest BCUT2D eigenvalue weighted by Gasteiger charge is 2.18. The maximum Gasteiger partial charge on any atom is 0.140 e. The minimum absolute atomic E-state index is 0.484. The van der Waals surface area contributed by atoms with Crippen LogP contribution in [-0.4, -0.2) is 29.9 Å². The Morgan fingerprint density at radius 1 is 1.32 bits per heavy atom. The number of ether oxygens (including phenoxy) is 2. The molecule has 100 valence electrons. The van der Waals surface area contributed by atoms with Crippen molar-refractivity contribution < 1.29 is 9.47 Å². The fourth-order valence-corrected chi connectivity index (χ4v) is 2.56. The molecule has 0 aliphatic carbocycles. The molecule has 1 aromatic heterocycles. The van der Waals surface area contributed by atoms with E-state index < -0.39 is 0 Å². The minimum atomic E-state index is 0.484. The molecular formula is C15H18N2O2. The van der Waals surface area contributed by atoms with E-state index >= 15 is 0 Å². The molecule has 19 heavy (non-hydrogen) atoms. The number of nitrogens with zero attached hydrogens (tertiary/aromatic N) is 2. The van der Waals surface area contributed by atoms with Crippen LogP contribution in [0.4, 0.5) is 0 Å². The van der Waals surface area contributed by atoms with Crippen molar-refractivity contribution in [1.82, 2.24) is 9.55 Å². The van der Waals surface area contributed by atoms with Crippen molar-refractivity contribution >= 4 is 0 Å². The third kappa shape index (κ3) is 2.49. The summed E-state index contributed by atoms with van der Waals surface area (Å²) in [4.78, 5) is 4.50. The van der Waals surface area contributed by atoms with Crippen LogP contribution in [0.25, 0.3) is 11.4 Å². The van der Waals surface area contributed by atoms with Gasteiger partial charge in [-0.05, 0) is 25.0 Å². The molecule has 4 nitrogen and oxygen atoms in total. The number of hydrogen-bond acceptors (Lipinski definition) is 3. The van der Waals surface area contributed by atoms with Gasteiger partial charge in [-0.3, -0.25) is 0 Å². The Balaban J connectivity index is 1.94. The second-order valence-corrected chi connectivity index (χ2v) is 4.73. The van der Waals surface area contributed by atoms with E-state index in [1.54, 1.807) is 7.11 Å². The summed E-state index contributed by atoms with van der Waals surface area (Å²) in [5.74, 6) is 1.87. The van der Waals surface area contributed by atoms with Gasteiger partial charge in [0, 0.05) is 37.2 Å². The normalized spacial score (nSPS) is 16.5. The molecule has 0 unspecified atom stereocenters. The number of imidazole rings is 1. The minimum Gasteiger partial charge on any atom is -0.497 e. The van der Waals surface area contributed by atoms with Crippen LogP contribution < -0.4 is 4.74 Å². The van der Waals surface area contributed by atoms with Gasteiger partial charge < -0.3 is 14.0 Å². The first-order valence-electron chi connectivity index (χ1n) is 6.63. The summed E-state index contributed by atoms with van der Waals surface area (Å²) in [7, 11) is 1.68. The lowest BCUT2D eigenvalue weighted by molar-refractivity contribution is 0.0700. The summed E-state index contributed by atoms with van der Waals surface area (Å²) < 4.78 is 13.0. The van der Waals surface area contributed by atoms with E-state index in [2.05, 4.69) is 21.8 Å². The van der Waals surface area contributed by atoms with Crippen LogP contribution in [-0.2, 0) is 4.74 Å². The first kappa shape index (κ1) is 12.2. The quantitative estimate of drug-likeness (QED) is 0.849. The molecule has 0 bridgehead atoms. The molecule has 0 amide bonds. The largest absolute Gasteiger partial charge is 0.497 e. The standard InChI is InChI=1S/C15H18N2O2/c1-18-14-4-2-3-12(11-14)15-16-7-8-17(15)13-5-9-19-10-6-13/h2-4,7-8,11,13H,5-6,9-10H2,1H3. The Bertz CT molecular complexity index is 545. The highest BCUT2D eigenvalue weighted by molar-refractivity contribution is 5.58. The maximum atomic E-state index is 5.43. The van der Waals surface area contributed by atoms with E-state index in [1.807, 2.05) is 24.4 Å². The van der Waals surface area contributed by atoms with Crippen molar-refractivity contribution in [2.24, 2.45) is 0 Å². The Labute approximate surface area is 113 Å². The van der Waals surface area contributed by atoms with E-state index in [9.17, 15) is 0 Å². The second kappa shape index (κ2) is 5.45. The molecule has 1 fully saturated rings. The number of aromatic nitrogens is 2. The molecule has 2 aromatic rings. The summed E-state index contributed by atoms with van der Waals surface area (Å²) in [5, 5.41) is 0. The zero-order valence-corrected chi connectivity index (χ0v) is 11.1. The van der Waals surface area contributed by atoms with Gasteiger partial charge >= 0.3 is 0 Å². The molecule has 0 radical (unpaired) electrons. The molecule has 1 aromatic carbocycles. The molecular weight excluding hydrogens is 240 g/mol. The number of methoxy groups -OCH3 is 1. The zero-order chi connectivity index (χ0) is 13.1. The number of rotatable bonds is 3. The molecule has 0 atom stereocenters. The average Bonchev–Trinajstić information content (AvgIpc) is 2.98. The van der Waals surface area contributed by atoms with Crippen LogP contribution >= 0.6 is 0 Å². The lowest BCUT2D eigenvalue weighted by Gasteiger charge is -2.25. The third-order valence-electron chi connectivity index (χ3n) is 3.58. The zero-order valence-electron chi connectivity index (χ0n) is 11.1. The van der Waals surface area contributed by atoms with E-state index in [1.165, 1.54) is 0 Å². The smallest absolute Gasteiger partial charge is 0.140 e. The Morgan fingerprint density at radius 2 is 2.16 bits per heavy atom. The Morgan fingerprint density at radius 3 is 2.95 bits per heavy atom. The summed E-state index contributed by atoms with van der Waals surface area (Å²) >= 11 is 0. The van der Waals surface area contributed by atoms with Gasteiger partial charge in [-0.2, -0.15) is 0 Å². The van der Waals surface area contributed by atoms with Gasteiger partial charge in [0.1, 0.15) is 11.6 Å². The topological polar surface area (TPSA) is 36.3 Å². The van der Waals surface area contributed by atoms with Gasteiger partial charge in [-0.15, -0.1) is 0 Å². The maximum absolute atomic E-state index is 5.43. The molecule has 1 saturated heterocycles. The lowest BCUT2D eigenvalue weighted by atomic mass is 10.1. The van der Waals surface area contributed by atoms with Crippen molar-refractivity contribution in [1.29, 1.82) is 0 Å². The summed E-state index contributed by atoms with van der Waals surface area (Å²) in [6.07, 6.45) is 6.02. The molecule has 4 heteroatoms. The highest BCUT2D eigenvalue weighted by atomic mass is 16.5. The predicted molar refractivity (Wildman–Crippen MR) is 73.3 cm³/mol. The van der Waals surface area contributed by atoms with Crippen LogP contribution in [0.3, 0.4) is 0 Å². The van der Waals surface area contributed by atoms with Crippen LogP contribution in [0.2, 0.25) is 0 Å². The van der Waals surface area contributed by atoms with Crippen LogP contribution in [0.1, 0.15) is 18.9 Å². The molecule has 0 N–H and O–H groups in total. The van der Waals surface area contributed by atoms with Gasteiger partial charge in [-0.25, -0.2) is 4.98 Å². The van der Waals surface area contributed by atoms with Gasteiger partial charge in [0.05, 0.1) is 7.11 Å². The van der Waals surface area contributed by atoms with Crippen LogP contribution in [0.15, 0.2) is 36.7 Å². The van der Waals surface area contributed by atoms with Crippen LogP contribution in [0.5, 0.6) is 5.75 Å². The SMILES string of the molecule is COc1cccc(-c2nccn2C2CCOCC2)c1. The fourth-order valence-electron chi connectivity index (χ4n) is 2.56. The van der Waals surface area contributed by atoms with Crippen molar-refractivity contribution in [3.63, 3.8) is 0 Å². The number of benzene rings is 1. The summed E-state index contributed by atoms with van der Waals surface area (Å²) in [5.41, 5.74) is 1.09. The fraction of sp³-hybridized carbons (Fsp3) is 0.400. The van der Waals surface area contributed by atoms with Gasteiger partial charge in [0.15, 0.2) is 0 Å². The average molecular weight is 258 g/mol. The molecule has 2 heterocycles. The van der Waals surface area contributed by atoms with Gasteiger partial charge in [0.2, 0.25) is 0 Å². The van der Waals surface area contributed by atoms with E-state index in [0.717, 1.165) is 43.2 Å². The highest BCUT2D eigenvalue weighted by Crippen LogP contribution is 2.28. The number of hydrogen-bond donors (Lipinski definition) is 0. The van der Waals surface area contributed by atoms with Gasteiger partial charge in [0.25, 0.3) is 0 Å². The second-order valence-electron chi connectivity index (χ2n) is 4.73. The molecule has 3 rings (SSSR count). The third-order valence-corrected chi connectivity index (χ3v) is 3.58. The first-order chi connectivity index (χ1) is 9.38. The monoisotopic (exact) mass is 258 g/mol. The van der Waals surface area contributed by atoms with Gasteiger partial charge in [-0.1, -0.05) is 12.1 Å². The Kier molecular flexibility index (Phi) is 3.51. The van der Waals surface area contributed by atoms with Crippen molar-refractivity contribution in [3.8, 4) is 17.1 Å². The first-order valence-corrected chi connectivity index (χ1v) is 6.63. The molecule has 0 saturated carbocycles. The van der Waals surface area contributed by atoms with E-state index in [4.69, 9.17) is 9.47 Å². The van der Waals surface area contributed by atoms with Crippen molar-refractivity contribution in [2.45, 2.75) is 18.9 Å². The van der Waals surface area contributed by atoms with Crippen LogP contribution in [0, 0.1) is 0 Å². The van der Waals surface area contributed by atoms with E-state index in [-0.39, 0.29) is 0 Å². The Hall–Kier alpha value is -1.81.